The Hall–Kier alpha value is -4.63. The summed E-state index contributed by atoms with van der Waals surface area (Å²) in [4.78, 5) is 5.17. The number of nitrogens with zero attached hydrogens (tertiary/aromatic N) is 2. The van der Waals surface area contributed by atoms with Gasteiger partial charge in [-0.2, -0.15) is 0 Å². The standard InChI is InChI=1S/C35H28N2O/c1-35(2,3)26-17-18-31(27(21-26)23-11-5-4-6-12-23)37-32-16-10-9-15-30(32)36-34(37)29-22-38-33-20-25-14-8-7-13-24(25)19-28(29)33/h4-22H,1-3H3. The minimum Gasteiger partial charge on any atom is -0.464 e. The third kappa shape index (κ3) is 3.62. The summed E-state index contributed by atoms with van der Waals surface area (Å²) >= 11 is 0. The molecule has 0 saturated carbocycles. The van der Waals surface area contributed by atoms with Crippen LogP contribution in [0.25, 0.3) is 61.0 Å². The van der Waals surface area contributed by atoms with Gasteiger partial charge in [0.1, 0.15) is 17.7 Å². The van der Waals surface area contributed by atoms with Gasteiger partial charge in [-0.25, -0.2) is 4.98 Å². The Kier molecular flexibility index (Phi) is 5.02. The zero-order valence-corrected chi connectivity index (χ0v) is 21.8. The Bertz CT molecular complexity index is 1950. The first-order chi connectivity index (χ1) is 18.5. The van der Waals surface area contributed by atoms with Crippen LogP contribution in [0, 0.1) is 0 Å². The molecule has 0 saturated heterocycles. The molecule has 0 spiro atoms. The van der Waals surface area contributed by atoms with Gasteiger partial charge in [-0.3, -0.25) is 4.57 Å². The number of rotatable bonds is 3. The topological polar surface area (TPSA) is 31.0 Å². The lowest BCUT2D eigenvalue weighted by atomic mass is 9.85. The quantitative estimate of drug-likeness (QED) is 0.246. The third-order valence-electron chi connectivity index (χ3n) is 7.43. The second-order valence-corrected chi connectivity index (χ2v) is 11.0. The molecule has 184 valence electrons. The summed E-state index contributed by atoms with van der Waals surface area (Å²) in [7, 11) is 0. The summed E-state index contributed by atoms with van der Waals surface area (Å²) in [5, 5.41) is 3.41. The first-order valence-corrected chi connectivity index (χ1v) is 13.1. The maximum absolute atomic E-state index is 6.12. The molecule has 0 amide bonds. The Morgan fingerprint density at radius 2 is 1.39 bits per heavy atom. The number of aromatic nitrogens is 2. The van der Waals surface area contributed by atoms with E-state index >= 15 is 0 Å². The Labute approximate surface area is 222 Å². The molecule has 0 aliphatic heterocycles. The molecular weight excluding hydrogens is 464 g/mol. The molecule has 3 nitrogen and oxygen atoms in total. The van der Waals surface area contributed by atoms with Crippen molar-refractivity contribution in [1.82, 2.24) is 9.55 Å². The van der Waals surface area contributed by atoms with Gasteiger partial charge in [0.25, 0.3) is 0 Å². The summed E-state index contributed by atoms with van der Waals surface area (Å²) in [6, 6.07) is 38.6. The molecule has 0 aliphatic carbocycles. The smallest absolute Gasteiger partial charge is 0.149 e. The van der Waals surface area contributed by atoms with E-state index in [1.807, 2.05) is 12.3 Å². The summed E-state index contributed by atoms with van der Waals surface area (Å²) in [6.45, 7) is 6.78. The molecule has 5 aromatic carbocycles. The SMILES string of the molecule is CC(C)(C)c1ccc(-n2c(-c3coc4cc5ccccc5cc34)nc3ccccc32)c(-c2ccccc2)c1. The molecule has 7 aromatic rings. The van der Waals surface area contributed by atoms with Crippen LogP contribution in [0.3, 0.4) is 0 Å². The Morgan fingerprint density at radius 1 is 0.684 bits per heavy atom. The second-order valence-electron chi connectivity index (χ2n) is 11.0. The molecular formula is C35H28N2O. The van der Waals surface area contributed by atoms with Gasteiger partial charge in [-0.05, 0) is 63.7 Å². The van der Waals surface area contributed by atoms with Crippen molar-refractivity contribution < 1.29 is 4.42 Å². The van der Waals surface area contributed by atoms with E-state index in [0.717, 1.165) is 39.1 Å². The van der Waals surface area contributed by atoms with E-state index in [1.165, 1.54) is 27.5 Å². The third-order valence-corrected chi connectivity index (χ3v) is 7.43. The molecule has 0 unspecified atom stereocenters. The van der Waals surface area contributed by atoms with Gasteiger partial charge in [0.2, 0.25) is 0 Å². The Balaban J connectivity index is 1.55. The van der Waals surface area contributed by atoms with Crippen molar-refractivity contribution >= 4 is 32.8 Å². The molecule has 38 heavy (non-hydrogen) atoms. The minimum absolute atomic E-state index is 0.0315. The highest BCUT2D eigenvalue weighted by molar-refractivity contribution is 6.03. The molecule has 0 fully saturated rings. The van der Waals surface area contributed by atoms with Crippen molar-refractivity contribution in [3.8, 4) is 28.2 Å². The highest BCUT2D eigenvalue weighted by Gasteiger charge is 2.23. The van der Waals surface area contributed by atoms with Crippen LogP contribution in [0.5, 0.6) is 0 Å². The van der Waals surface area contributed by atoms with Crippen molar-refractivity contribution in [3.63, 3.8) is 0 Å². The van der Waals surface area contributed by atoms with E-state index in [0.29, 0.717) is 0 Å². The summed E-state index contributed by atoms with van der Waals surface area (Å²) in [5.41, 5.74) is 8.67. The molecule has 7 rings (SSSR count). The Morgan fingerprint density at radius 3 is 2.18 bits per heavy atom. The molecule has 0 N–H and O–H groups in total. The van der Waals surface area contributed by atoms with Gasteiger partial charge < -0.3 is 4.42 Å². The first-order valence-electron chi connectivity index (χ1n) is 13.1. The predicted octanol–water partition coefficient (Wildman–Crippen LogP) is 9.56. The zero-order chi connectivity index (χ0) is 25.9. The van der Waals surface area contributed by atoms with Crippen molar-refractivity contribution in [1.29, 1.82) is 0 Å². The van der Waals surface area contributed by atoms with Crippen LogP contribution in [0.1, 0.15) is 26.3 Å². The van der Waals surface area contributed by atoms with Crippen molar-refractivity contribution in [3.05, 3.63) is 121 Å². The number of hydrogen-bond acceptors (Lipinski definition) is 2. The van der Waals surface area contributed by atoms with Crippen LogP contribution in [0.15, 0.2) is 120 Å². The van der Waals surface area contributed by atoms with E-state index in [2.05, 4.69) is 128 Å². The number of para-hydroxylation sites is 2. The van der Waals surface area contributed by atoms with Crippen LogP contribution in [0.4, 0.5) is 0 Å². The molecule has 0 aliphatic rings. The molecule has 0 bridgehead atoms. The lowest BCUT2D eigenvalue weighted by molar-refractivity contribution is 0.590. The van der Waals surface area contributed by atoms with E-state index in [4.69, 9.17) is 9.40 Å². The molecule has 2 heterocycles. The normalized spacial score (nSPS) is 12.1. The summed E-state index contributed by atoms with van der Waals surface area (Å²) < 4.78 is 8.42. The van der Waals surface area contributed by atoms with Gasteiger partial charge in [0.05, 0.1) is 22.3 Å². The monoisotopic (exact) mass is 492 g/mol. The lowest BCUT2D eigenvalue weighted by Crippen LogP contribution is -2.12. The average molecular weight is 493 g/mol. The number of imidazole rings is 1. The fraction of sp³-hybridized carbons (Fsp3) is 0.114. The van der Waals surface area contributed by atoms with Gasteiger partial charge in [-0.15, -0.1) is 0 Å². The number of furan rings is 1. The van der Waals surface area contributed by atoms with E-state index in [1.54, 1.807) is 0 Å². The van der Waals surface area contributed by atoms with Crippen LogP contribution in [-0.2, 0) is 5.41 Å². The average Bonchev–Trinajstić information content (AvgIpc) is 3.52. The fourth-order valence-electron chi connectivity index (χ4n) is 5.38. The predicted molar refractivity (Wildman–Crippen MR) is 158 cm³/mol. The van der Waals surface area contributed by atoms with Crippen LogP contribution >= 0.6 is 0 Å². The largest absolute Gasteiger partial charge is 0.464 e. The van der Waals surface area contributed by atoms with Crippen LogP contribution < -0.4 is 0 Å². The number of hydrogen-bond donors (Lipinski definition) is 0. The first kappa shape index (κ1) is 22.6. The van der Waals surface area contributed by atoms with Crippen LogP contribution in [0.2, 0.25) is 0 Å². The van der Waals surface area contributed by atoms with Gasteiger partial charge in [-0.1, -0.05) is 93.6 Å². The highest BCUT2D eigenvalue weighted by Crippen LogP contribution is 2.40. The summed E-state index contributed by atoms with van der Waals surface area (Å²) in [6.07, 6.45) is 1.85. The van der Waals surface area contributed by atoms with Gasteiger partial charge in [0.15, 0.2) is 0 Å². The van der Waals surface area contributed by atoms with E-state index in [-0.39, 0.29) is 5.41 Å². The van der Waals surface area contributed by atoms with Gasteiger partial charge in [0, 0.05) is 10.9 Å². The maximum Gasteiger partial charge on any atom is 0.149 e. The second kappa shape index (κ2) is 8.46. The maximum atomic E-state index is 6.12. The molecule has 3 heteroatoms. The minimum atomic E-state index is 0.0315. The van der Waals surface area contributed by atoms with E-state index < -0.39 is 0 Å². The zero-order valence-electron chi connectivity index (χ0n) is 21.8. The molecule has 2 aromatic heterocycles. The van der Waals surface area contributed by atoms with E-state index in [9.17, 15) is 0 Å². The lowest BCUT2D eigenvalue weighted by Gasteiger charge is -2.22. The van der Waals surface area contributed by atoms with Crippen molar-refractivity contribution in [2.45, 2.75) is 26.2 Å². The van der Waals surface area contributed by atoms with Crippen LogP contribution in [-0.4, -0.2) is 9.55 Å². The molecule has 0 radical (unpaired) electrons. The summed E-state index contributed by atoms with van der Waals surface area (Å²) in [5.74, 6) is 0.876. The van der Waals surface area contributed by atoms with Crippen molar-refractivity contribution in [2.24, 2.45) is 0 Å². The highest BCUT2D eigenvalue weighted by atomic mass is 16.3. The number of benzene rings is 5. The van der Waals surface area contributed by atoms with Gasteiger partial charge >= 0.3 is 0 Å². The fourth-order valence-corrected chi connectivity index (χ4v) is 5.38. The molecule has 0 atom stereocenters. The number of fused-ring (bicyclic) bond motifs is 3. The van der Waals surface area contributed by atoms with Crippen molar-refractivity contribution in [2.75, 3.05) is 0 Å².